The Balaban J connectivity index is 2.06. The van der Waals surface area contributed by atoms with E-state index < -0.39 is 17.2 Å². The standard InChI is InChI=1S/C14H16BrFN2O3/c1-14(12(19)20)5-2-6-18(8-14)13(21)17-9-3-4-11(16)10(15)7-9/h3-4,7H,2,5-6,8H2,1H3,(H,17,21)(H,19,20). The van der Waals surface area contributed by atoms with Crippen LogP contribution in [0.15, 0.2) is 22.7 Å². The quantitative estimate of drug-likeness (QED) is 0.851. The normalized spacial score (nSPS) is 22.0. The zero-order valence-electron chi connectivity index (χ0n) is 11.5. The summed E-state index contributed by atoms with van der Waals surface area (Å²) >= 11 is 3.05. The highest BCUT2D eigenvalue weighted by Crippen LogP contribution is 2.30. The van der Waals surface area contributed by atoms with E-state index in [4.69, 9.17) is 0 Å². The molecule has 2 amide bonds. The number of halogens is 2. The van der Waals surface area contributed by atoms with Gasteiger partial charge in [0.25, 0.3) is 0 Å². The van der Waals surface area contributed by atoms with Crippen molar-refractivity contribution in [2.75, 3.05) is 18.4 Å². The Kier molecular flexibility index (Phi) is 4.51. The molecule has 1 fully saturated rings. The number of piperidine rings is 1. The summed E-state index contributed by atoms with van der Waals surface area (Å²) in [4.78, 5) is 24.9. The van der Waals surface area contributed by atoms with E-state index in [1.165, 1.54) is 23.1 Å². The first-order valence-corrected chi connectivity index (χ1v) is 7.35. The molecule has 0 bridgehead atoms. The molecule has 1 aromatic carbocycles. The molecule has 0 spiro atoms. The predicted molar refractivity (Wildman–Crippen MR) is 79.7 cm³/mol. The topological polar surface area (TPSA) is 69.6 Å². The molecule has 2 N–H and O–H groups in total. The third-order valence-electron chi connectivity index (χ3n) is 3.67. The maximum absolute atomic E-state index is 13.1. The summed E-state index contributed by atoms with van der Waals surface area (Å²) in [6, 6.07) is 3.80. The van der Waals surface area contributed by atoms with Crippen molar-refractivity contribution in [1.82, 2.24) is 4.90 Å². The lowest BCUT2D eigenvalue weighted by molar-refractivity contribution is -0.150. The van der Waals surface area contributed by atoms with Crippen LogP contribution in [0.25, 0.3) is 0 Å². The molecule has 0 saturated carbocycles. The smallest absolute Gasteiger partial charge is 0.321 e. The average molecular weight is 359 g/mol. The monoisotopic (exact) mass is 358 g/mol. The van der Waals surface area contributed by atoms with Crippen molar-refractivity contribution in [3.63, 3.8) is 0 Å². The minimum atomic E-state index is -0.918. The molecule has 5 nitrogen and oxygen atoms in total. The van der Waals surface area contributed by atoms with Gasteiger partial charge in [0.2, 0.25) is 0 Å². The molecule has 21 heavy (non-hydrogen) atoms. The summed E-state index contributed by atoms with van der Waals surface area (Å²) in [6.07, 6.45) is 1.19. The molecule has 0 aromatic heterocycles. The molecule has 114 valence electrons. The molecular formula is C14H16BrFN2O3. The second-order valence-corrected chi connectivity index (χ2v) is 6.30. The van der Waals surface area contributed by atoms with Gasteiger partial charge in [0, 0.05) is 18.8 Å². The van der Waals surface area contributed by atoms with E-state index in [0.29, 0.717) is 25.1 Å². The highest BCUT2D eigenvalue weighted by molar-refractivity contribution is 9.10. The Morgan fingerprint density at radius 1 is 1.48 bits per heavy atom. The third-order valence-corrected chi connectivity index (χ3v) is 4.28. The number of hydrogen-bond donors (Lipinski definition) is 2. The number of nitrogens with zero attached hydrogens (tertiary/aromatic N) is 1. The van der Waals surface area contributed by atoms with Crippen LogP contribution in [0.4, 0.5) is 14.9 Å². The number of anilines is 1. The van der Waals surface area contributed by atoms with Gasteiger partial charge >= 0.3 is 12.0 Å². The summed E-state index contributed by atoms with van der Waals surface area (Å²) in [6.45, 7) is 2.32. The summed E-state index contributed by atoms with van der Waals surface area (Å²) in [5.41, 5.74) is -0.463. The number of urea groups is 1. The van der Waals surface area contributed by atoms with E-state index in [9.17, 15) is 19.1 Å². The van der Waals surface area contributed by atoms with E-state index in [0.717, 1.165) is 0 Å². The Morgan fingerprint density at radius 2 is 2.19 bits per heavy atom. The summed E-state index contributed by atoms with van der Waals surface area (Å²) in [5.74, 6) is -1.31. The Hall–Kier alpha value is -1.63. The second-order valence-electron chi connectivity index (χ2n) is 5.45. The van der Waals surface area contributed by atoms with Gasteiger partial charge in [-0.25, -0.2) is 9.18 Å². The van der Waals surface area contributed by atoms with Crippen LogP contribution in [-0.2, 0) is 4.79 Å². The van der Waals surface area contributed by atoms with Gasteiger partial charge in [-0.2, -0.15) is 0 Å². The van der Waals surface area contributed by atoms with Crippen molar-refractivity contribution in [3.05, 3.63) is 28.5 Å². The molecule has 2 rings (SSSR count). The fourth-order valence-electron chi connectivity index (χ4n) is 2.36. The SMILES string of the molecule is CC1(C(=O)O)CCCN(C(=O)Nc2ccc(F)c(Br)c2)C1. The first kappa shape index (κ1) is 15.8. The van der Waals surface area contributed by atoms with Crippen molar-refractivity contribution in [2.24, 2.45) is 5.41 Å². The van der Waals surface area contributed by atoms with Crippen LogP contribution in [0.1, 0.15) is 19.8 Å². The maximum Gasteiger partial charge on any atom is 0.321 e. The molecule has 1 saturated heterocycles. The van der Waals surface area contributed by atoms with Gasteiger partial charge < -0.3 is 15.3 Å². The molecule has 0 radical (unpaired) electrons. The van der Waals surface area contributed by atoms with E-state index in [1.54, 1.807) is 6.92 Å². The number of rotatable bonds is 2. The zero-order valence-corrected chi connectivity index (χ0v) is 13.1. The van der Waals surface area contributed by atoms with Crippen molar-refractivity contribution in [2.45, 2.75) is 19.8 Å². The van der Waals surface area contributed by atoms with Crippen LogP contribution in [0.5, 0.6) is 0 Å². The fourth-order valence-corrected chi connectivity index (χ4v) is 2.74. The van der Waals surface area contributed by atoms with Gasteiger partial charge in [0.05, 0.1) is 9.89 Å². The molecule has 0 aliphatic carbocycles. The van der Waals surface area contributed by atoms with Crippen molar-refractivity contribution < 1.29 is 19.1 Å². The average Bonchev–Trinajstić information content (AvgIpc) is 2.43. The lowest BCUT2D eigenvalue weighted by atomic mass is 9.82. The van der Waals surface area contributed by atoms with Crippen LogP contribution >= 0.6 is 15.9 Å². The molecule has 1 aliphatic rings. The number of carboxylic acids is 1. The first-order valence-electron chi connectivity index (χ1n) is 6.56. The van der Waals surface area contributed by atoms with Gasteiger partial charge in [-0.05, 0) is 53.9 Å². The second kappa shape index (κ2) is 6.01. The van der Waals surface area contributed by atoms with Gasteiger partial charge in [0.15, 0.2) is 0 Å². The minimum absolute atomic E-state index is 0.163. The molecule has 1 heterocycles. The van der Waals surface area contributed by atoms with E-state index in [1.807, 2.05) is 0 Å². The molecular weight excluding hydrogens is 343 g/mol. The van der Waals surface area contributed by atoms with Crippen molar-refractivity contribution in [1.29, 1.82) is 0 Å². The van der Waals surface area contributed by atoms with Crippen LogP contribution < -0.4 is 5.32 Å². The number of carbonyl (C=O) groups excluding carboxylic acids is 1. The maximum atomic E-state index is 13.1. The zero-order chi connectivity index (χ0) is 15.6. The summed E-state index contributed by atoms with van der Waals surface area (Å²) in [5, 5.41) is 11.9. The Bertz CT molecular complexity index is 581. The van der Waals surface area contributed by atoms with Crippen LogP contribution in [0.2, 0.25) is 0 Å². The predicted octanol–water partition coefficient (Wildman–Crippen LogP) is 3.31. The number of nitrogens with one attached hydrogen (secondary N) is 1. The number of benzene rings is 1. The third kappa shape index (κ3) is 3.53. The van der Waals surface area contributed by atoms with Gasteiger partial charge in [-0.3, -0.25) is 4.79 Å². The van der Waals surface area contributed by atoms with Crippen molar-refractivity contribution in [3.8, 4) is 0 Å². The van der Waals surface area contributed by atoms with Gasteiger partial charge in [0.1, 0.15) is 5.82 Å². The Morgan fingerprint density at radius 3 is 2.81 bits per heavy atom. The number of amides is 2. The van der Waals surface area contributed by atoms with E-state index >= 15 is 0 Å². The number of carbonyl (C=O) groups is 2. The molecule has 7 heteroatoms. The fraction of sp³-hybridized carbons (Fsp3) is 0.429. The lowest BCUT2D eigenvalue weighted by Gasteiger charge is -2.37. The minimum Gasteiger partial charge on any atom is -0.481 e. The number of hydrogen-bond acceptors (Lipinski definition) is 2. The van der Waals surface area contributed by atoms with Gasteiger partial charge in [-0.1, -0.05) is 0 Å². The molecule has 1 atom stereocenters. The van der Waals surface area contributed by atoms with Crippen LogP contribution in [0, 0.1) is 11.2 Å². The molecule has 1 aliphatic heterocycles. The highest BCUT2D eigenvalue weighted by atomic mass is 79.9. The number of carboxylic acid groups (broad SMARTS) is 1. The van der Waals surface area contributed by atoms with Gasteiger partial charge in [-0.15, -0.1) is 0 Å². The number of likely N-dealkylation sites (tertiary alicyclic amines) is 1. The van der Waals surface area contributed by atoms with Crippen molar-refractivity contribution >= 4 is 33.6 Å². The Labute approximate surface area is 130 Å². The lowest BCUT2D eigenvalue weighted by Crippen LogP contribution is -2.49. The van der Waals surface area contributed by atoms with E-state index in [-0.39, 0.29) is 17.0 Å². The first-order chi connectivity index (χ1) is 9.82. The summed E-state index contributed by atoms with van der Waals surface area (Å²) < 4.78 is 13.4. The largest absolute Gasteiger partial charge is 0.481 e. The van der Waals surface area contributed by atoms with Crippen LogP contribution in [0.3, 0.4) is 0 Å². The molecule has 1 aromatic rings. The highest BCUT2D eigenvalue weighted by Gasteiger charge is 2.39. The molecule has 1 unspecified atom stereocenters. The van der Waals surface area contributed by atoms with Crippen LogP contribution in [-0.4, -0.2) is 35.1 Å². The van der Waals surface area contributed by atoms with E-state index in [2.05, 4.69) is 21.2 Å². The number of aliphatic carboxylic acids is 1. The summed E-state index contributed by atoms with van der Waals surface area (Å²) in [7, 11) is 0.